The van der Waals surface area contributed by atoms with Gasteiger partial charge in [0.2, 0.25) is 0 Å². The molecule has 0 saturated carbocycles. The molecule has 5 nitrogen and oxygen atoms in total. The van der Waals surface area contributed by atoms with E-state index >= 15 is 0 Å². The summed E-state index contributed by atoms with van der Waals surface area (Å²) in [6.07, 6.45) is 7.76. The summed E-state index contributed by atoms with van der Waals surface area (Å²) in [6.45, 7) is 4.64. The fraction of sp³-hybridized carbons (Fsp3) is 0.455. The number of aromatic amines is 1. The van der Waals surface area contributed by atoms with E-state index in [1.165, 1.54) is 17.4 Å². The highest BCUT2D eigenvalue weighted by molar-refractivity contribution is 5.81. The molecule has 1 saturated heterocycles. The second-order valence-corrected chi connectivity index (χ2v) is 7.67. The second kappa shape index (κ2) is 8.19. The van der Waals surface area contributed by atoms with Gasteiger partial charge >= 0.3 is 0 Å². The Labute approximate surface area is 160 Å². The third kappa shape index (κ3) is 4.20. The van der Waals surface area contributed by atoms with Gasteiger partial charge in [-0.05, 0) is 30.5 Å². The number of hydrogen-bond acceptors (Lipinski definition) is 4. The fourth-order valence-corrected chi connectivity index (χ4v) is 4.08. The number of aromatic nitrogens is 3. The van der Waals surface area contributed by atoms with Crippen molar-refractivity contribution in [2.75, 3.05) is 13.1 Å². The molecule has 2 N–H and O–H groups in total. The summed E-state index contributed by atoms with van der Waals surface area (Å²) in [4.78, 5) is 14.7. The molecule has 0 spiro atoms. The van der Waals surface area contributed by atoms with E-state index in [1.807, 2.05) is 24.5 Å². The van der Waals surface area contributed by atoms with E-state index in [9.17, 15) is 5.11 Å². The lowest BCUT2D eigenvalue weighted by Gasteiger charge is -2.15. The van der Waals surface area contributed by atoms with Crippen molar-refractivity contribution in [2.24, 2.45) is 5.92 Å². The van der Waals surface area contributed by atoms with Crippen LogP contribution < -0.4 is 0 Å². The number of fused-ring (bicyclic) bond motifs is 1. The summed E-state index contributed by atoms with van der Waals surface area (Å²) >= 11 is 0. The van der Waals surface area contributed by atoms with Crippen LogP contribution in [0.2, 0.25) is 0 Å². The van der Waals surface area contributed by atoms with Gasteiger partial charge < -0.3 is 10.1 Å². The molecule has 1 aromatic carbocycles. The minimum atomic E-state index is -0.292. The topological polar surface area (TPSA) is 65.0 Å². The second-order valence-electron chi connectivity index (χ2n) is 7.67. The molecule has 4 rings (SSSR count). The molecule has 0 radical (unpaired) electrons. The number of nitrogens with zero attached hydrogens (tertiary/aromatic N) is 3. The lowest BCUT2D eigenvalue weighted by atomic mass is 9.94. The predicted molar refractivity (Wildman–Crippen MR) is 107 cm³/mol. The largest absolute Gasteiger partial charge is 0.391 e. The number of unbranched alkanes of at least 4 members (excludes halogenated alkanes) is 1. The molecule has 3 aromatic rings. The molecule has 2 aromatic heterocycles. The van der Waals surface area contributed by atoms with Crippen LogP contribution in [0.15, 0.2) is 42.7 Å². The van der Waals surface area contributed by atoms with Crippen LogP contribution in [0.4, 0.5) is 0 Å². The van der Waals surface area contributed by atoms with E-state index in [0.717, 1.165) is 55.9 Å². The van der Waals surface area contributed by atoms with Gasteiger partial charge in [0.05, 0.1) is 11.6 Å². The van der Waals surface area contributed by atoms with Crippen LogP contribution in [-0.4, -0.2) is 44.2 Å². The Morgan fingerprint density at radius 3 is 2.96 bits per heavy atom. The molecule has 3 heterocycles. The van der Waals surface area contributed by atoms with Gasteiger partial charge in [0, 0.05) is 55.4 Å². The number of aliphatic hydroxyl groups excluding tert-OH is 1. The van der Waals surface area contributed by atoms with Crippen molar-refractivity contribution in [3.63, 3.8) is 0 Å². The van der Waals surface area contributed by atoms with Gasteiger partial charge in [-0.1, -0.05) is 31.5 Å². The first kappa shape index (κ1) is 18.1. The van der Waals surface area contributed by atoms with Crippen molar-refractivity contribution < 1.29 is 5.11 Å². The standard InChI is InChI=1S/C22H28N4O/c1-2-3-8-22-24-12-18(25-22)14-26-13-17(21(27)15-26)11-16-9-10-23-20-7-5-4-6-19(16)20/h4-7,9-10,12,17,21,27H,2-3,8,11,13-15H2,1H3,(H,24,25)/t17-,21+/m1/s1. The van der Waals surface area contributed by atoms with Crippen molar-refractivity contribution in [3.8, 4) is 0 Å². The number of likely N-dealkylation sites (tertiary alicyclic amines) is 1. The van der Waals surface area contributed by atoms with Crippen molar-refractivity contribution in [3.05, 3.63) is 59.8 Å². The molecule has 1 aliphatic rings. The maximum absolute atomic E-state index is 10.6. The van der Waals surface area contributed by atoms with Gasteiger partial charge in [-0.3, -0.25) is 9.88 Å². The first-order chi connectivity index (χ1) is 13.2. The third-order valence-electron chi connectivity index (χ3n) is 5.55. The maximum atomic E-state index is 10.6. The van der Waals surface area contributed by atoms with Crippen LogP contribution >= 0.6 is 0 Å². The molecular formula is C22H28N4O. The Balaban J connectivity index is 1.40. The van der Waals surface area contributed by atoms with Crippen molar-refractivity contribution in [2.45, 2.75) is 45.3 Å². The molecule has 5 heteroatoms. The van der Waals surface area contributed by atoms with E-state index in [1.54, 1.807) is 0 Å². The molecule has 1 fully saturated rings. The smallest absolute Gasteiger partial charge is 0.106 e. The first-order valence-electron chi connectivity index (χ1n) is 9.98. The Kier molecular flexibility index (Phi) is 5.50. The molecule has 0 amide bonds. The molecule has 0 unspecified atom stereocenters. The van der Waals surface area contributed by atoms with Crippen LogP contribution in [0, 0.1) is 5.92 Å². The molecular weight excluding hydrogens is 336 g/mol. The fourth-order valence-electron chi connectivity index (χ4n) is 4.08. The maximum Gasteiger partial charge on any atom is 0.106 e. The highest BCUT2D eigenvalue weighted by atomic mass is 16.3. The van der Waals surface area contributed by atoms with Crippen LogP contribution in [0.1, 0.15) is 36.8 Å². The van der Waals surface area contributed by atoms with E-state index in [0.29, 0.717) is 0 Å². The Morgan fingerprint density at radius 2 is 2.07 bits per heavy atom. The number of aryl methyl sites for hydroxylation is 1. The molecule has 142 valence electrons. The zero-order valence-corrected chi connectivity index (χ0v) is 15.9. The number of imidazole rings is 1. The van der Waals surface area contributed by atoms with E-state index < -0.39 is 0 Å². The number of benzene rings is 1. The summed E-state index contributed by atoms with van der Waals surface area (Å²) in [6, 6.07) is 10.3. The number of H-pyrrole nitrogens is 1. The number of para-hydroxylation sites is 1. The Morgan fingerprint density at radius 1 is 1.19 bits per heavy atom. The first-order valence-corrected chi connectivity index (χ1v) is 9.98. The van der Waals surface area contributed by atoms with E-state index in [-0.39, 0.29) is 12.0 Å². The zero-order valence-electron chi connectivity index (χ0n) is 15.9. The van der Waals surface area contributed by atoms with Gasteiger partial charge in [-0.15, -0.1) is 0 Å². The summed E-state index contributed by atoms with van der Waals surface area (Å²) < 4.78 is 0. The van der Waals surface area contributed by atoms with Crippen molar-refractivity contribution >= 4 is 10.9 Å². The van der Waals surface area contributed by atoms with Crippen molar-refractivity contribution in [1.82, 2.24) is 19.9 Å². The number of nitrogens with one attached hydrogen (secondary N) is 1. The highest BCUT2D eigenvalue weighted by Gasteiger charge is 2.31. The number of β-amino-alcohol motifs (C(OH)–C–C–N with tert-alkyl or cyclic N) is 1. The number of rotatable bonds is 7. The van der Waals surface area contributed by atoms with Gasteiger partial charge in [0.25, 0.3) is 0 Å². The summed E-state index contributed by atoms with van der Waals surface area (Å²) in [5.41, 5.74) is 3.44. The summed E-state index contributed by atoms with van der Waals surface area (Å²) in [7, 11) is 0. The normalized spacial score (nSPS) is 20.5. The molecule has 0 aliphatic carbocycles. The minimum absolute atomic E-state index is 0.248. The third-order valence-corrected chi connectivity index (χ3v) is 5.55. The number of hydrogen-bond donors (Lipinski definition) is 2. The zero-order chi connectivity index (χ0) is 18.6. The summed E-state index contributed by atoms with van der Waals surface area (Å²) in [5.74, 6) is 1.32. The number of pyridine rings is 1. The molecule has 2 atom stereocenters. The van der Waals surface area contributed by atoms with Crippen LogP contribution in [-0.2, 0) is 19.4 Å². The van der Waals surface area contributed by atoms with Gasteiger partial charge in [-0.2, -0.15) is 0 Å². The Hall–Kier alpha value is -2.24. The SMILES string of the molecule is CCCCc1ncc(CN2C[C@@H](Cc3ccnc4ccccc34)[C@@H](O)C2)[nH]1. The molecule has 0 bridgehead atoms. The van der Waals surface area contributed by atoms with Gasteiger partial charge in [0.1, 0.15) is 5.82 Å². The van der Waals surface area contributed by atoms with Gasteiger partial charge in [-0.25, -0.2) is 4.98 Å². The molecule has 1 aliphatic heterocycles. The van der Waals surface area contributed by atoms with Gasteiger partial charge in [0.15, 0.2) is 0 Å². The van der Waals surface area contributed by atoms with Crippen LogP contribution in [0.3, 0.4) is 0 Å². The summed E-state index contributed by atoms with van der Waals surface area (Å²) in [5, 5.41) is 11.8. The quantitative estimate of drug-likeness (QED) is 0.675. The average Bonchev–Trinajstić information content (AvgIpc) is 3.27. The lowest BCUT2D eigenvalue weighted by Crippen LogP contribution is -2.21. The Bertz CT molecular complexity index is 885. The van der Waals surface area contributed by atoms with E-state index in [2.05, 4.69) is 45.0 Å². The minimum Gasteiger partial charge on any atom is -0.391 e. The van der Waals surface area contributed by atoms with Crippen molar-refractivity contribution in [1.29, 1.82) is 0 Å². The highest BCUT2D eigenvalue weighted by Crippen LogP contribution is 2.26. The van der Waals surface area contributed by atoms with Crippen LogP contribution in [0.25, 0.3) is 10.9 Å². The van der Waals surface area contributed by atoms with Crippen LogP contribution in [0.5, 0.6) is 0 Å². The van der Waals surface area contributed by atoms with E-state index in [4.69, 9.17) is 0 Å². The lowest BCUT2D eigenvalue weighted by molar-refractivity contribution is 0.141. The average molecular weight is 364 g/mol. The predicted octanol–water partition coefficient (Wildman–Crippen LogP) is 3.34. The molecule has 27 heavy (non-hydrogen) atoms. The number of aliphatic hydroxyl groups is 1. The monoisotopic (exact) mass is 364 g/mol.